The van der Waals surface area contributed by atoms with Crippen molar-refractivity contribution in [3.05, 3.63) is 35.0 Å². The van der Waals surface area contributed by atoms with Crippen LogP contribution < -0.4 is 5.32 Å². The van der Waals surface area contributed by atoms with Gasteiger partial charge in [0.15, 0.2) is 11.5 Å². The van der Waals surface area contributed by atoms with Crippen LogP contribution in [0.15, 0.2) is 24.3 Å². The Morgan fingerprint density at radius 3 is 2.04 bits per heavy atom. The molecule has 2 aromatic heterocycles. The minimum Gasteiger partial charge on any atom is -0.325 e. The molecule has 0 spiro atoms. The Morgan fingerprint density at radius 1 is 0.915 bits per heavy atom. The number of benzene rings is 1. The van der Waals surface area contributed by atoms with E-state index < -0.39 is 13.3 Å². The molecule has 1 atom stereocenters. The number of fused-ring (bicyclic) bond motifs is 1. The van der Waals surface area contributed by atoms with Gasteiger partial charge in [-0.1, -0.05) is 142 Å². The third-order valence-electron chi connectivity index (χ3n) is 8.43. The molecule has 2 N–H and O–H groups in total. The summed E-state index contributed by atoms with van der Waals surface area (Å²) >= 11 is 6.65. The topological polar surface area (TPSA) is 111 Å². The smallest absolute Gasteiger partial charge is 0.325 e. The lowest BCUT2D eigenvalue weighted by molar-refractivity contribution is -0.116. The van der Waals surface area contributed by atoms with Gasteiger partial charge < -0.3 is 14.4 Å². The van der Waals surface area contributed by atoms with Gasteiger partial charge in [-0.2, -0.15) is 4.63 Å². The molecule has 0 saturated carbocycles. The van der Waals surface area contributed by atoms with Gasteiger partial charge in [-0.05, 0) is 31.4 Å². The number of nitrogens with one attached hydrogen (secondary N) is 2. The lowest BCUT2D eigenvalue weighted by Gasteiger charge is -2.26. The first-order chi connectivity index (χ1) is 22.5. The largest absolute Gasteiger partial charge is 0.343 e. The van der Waals surface area contributed by atoms with Gasteiger partial charge in [0.2, 0.25) is 5.91 Å². The van der Waals surface area contributed by atoms with Gasteiger partial charge in [-0.3, -0.25) is 14.5 Å². The zero-order chi connectivity index (χ0) is 34.3. The summed E-state index contributed by atoms with van der Waals surface area (Å²) < 4.78 is 27.9. The Balaban J connectivity index is 1.74. The van der Waals surface area contributed by atoms with E-state index in [2.05, 4.69) is 62.0 Å². The van der Waals surface area contributed by atoms with Crippen LogP contribution in [0.1, 0.15) is 144 Å². The molecule has 3 rings (SSSR count). The SMILES string of the molecule is CCCCCCCCCCCCC(C(=O)Nc1cccc(-c2nc3c(Cl)c(C(C)(C)C)[nH]n3n2)c1)P(=O)(OCCCC)OCCCC. The minimum atomic E-state index is -3.72. The first-order valence-corrected chi connectivity index (χ1v) is 20.0. The molecule has 264 valence electrons. The predicted octanol–water partition coefficient (Wildman–Crippen LogP) is 11.1. The summed E-state index contributed by atoms with van der Waals surface area (Å²) in [5.74, 6) is 0.130. The van der Waals surface area contributed by atoms with Crippen molar-refractivity contribution in [3.8, 4) is 11.4 Å². The van der Waals surface area contributed by atoms with E-state index in [0.29, 0.717) is 41.8 Å². The van der Waals surface area contributed by atoms with Crippen LogP contribution in [-0.2, 0) is 23.8 Å². The van der Waals surface area contributed by atoms with Crippen LogP contribution in [0.4, 0.5) is 5.69 Å². The van der Waals surface area contributed by atoms with Crippen molar-refractivity contribution in [1.82, 2.24) is 19.8 Å². The second-order valence-electron chi connectivity index (χ2n) is 13.7. The number of aromatic amines is 1. The van der Waals surface area contributed by atoms with Gasteiger partial charge in [-0.25, -0.2) is 4.98 Å². The van der Waals surface area contributed by atoms with Gasteiger partial charge in [0.1, 0.15) is 10.7 Å². The van der Waals surface area contributed by atoms with Crippen LogP contribution >= 0.6 is 19.2 Å². The van der Waals surface area contributed by atoms with E-state index in [-0.39, 0.29) is 11.3 Å². The number of nitrogens with zero attached hydrogens (tertiary/aromatic N) is 3. The maximum Gasteiger partial charge on any atom is 0.343 e. The summed E-state index contributed by atoms with van der Waals surface area (Å²) in [6, 6.07) is 7.36. The average molecular weight is 692 g/mol. The minimum absolute atomic E-state index is 0.186. The molecule has 9 nitrogen and oxygen atoms in total. The molecule has 47 heavy (non-hydrogen) atoms. The zero-order valence-corrected chi connectivity index (χ0v) is 31.4. The number of unbranched alkanes of at least 4 members (excludes halogenated alkanes) is 11. The summed E-state index contributed by atoms with van der Waals surface area (Å²) in [5, 5.41) is 11.4. The number of hydrogen-bond donors (Lipinski definition) is 2. The molecule has 0 bridgehead atoms. The number of carbonyl (C=O) groups excluding carboxylic acids is 1. The Morgan fingerprint density at radius 2 is 1.49 bits per heavy atom. The average Bonchev–Trinajstić information content (AvgIpc) is 3.59. The Labute approximate surface area is 287 Å². The molecule has 0 fully saturated rings. The Bertz CT molecular complexity index is 1400. The quantitative estimate of drug-likeness (QED) is 0.0756. The molecule has 11 heteroatoms. The fraction of sp³-hybridized carbons (Fsp3) is 0.694. The van der Waals surface area contributed by atoms with Crippen LogP contribution in [0.2, 0.25) is 5.02 Å². The van der Waals surface area contributed by atoms with Crippen LogP contribution in [0.3, 0.4) is 0 Å². The van der Waals surface area contributed by atoms with Gasteiger partial charge in [0, 0.05) is 16.7 Å². The van der Waals surface area contributed by atoms with E-state index in [0.717, 1.165) is 56.2 Å². The number of anilines is 1. The third-order valence-corrected chi connectivity index (χ3v) is 11.1. The van der Waals surface area contributed by atoms with Crippen LogP contribution in [-0.4, -0.2) is 44.6 Å². The van der Waals surface area contributed by atoms with Crippen LogP contribution in [0.5, 0.6) is 0 Å². The summed E-state index contributed by atoms with van der Waals surface area (Å²) in [5.41, 5.74) is 1.62. The number of halogens is 1. The van der Waals surface area contributed by atoms with Crippen molar-refractivity contribution >= 4 is 36.4 Å². The summed E-state index contributed by atoms with van der Waals surface area (Å²) in [6.45, 7) is 13.2. The normalized spacial score (nSPS) is 13.0. The monoisotopic (exact) mass is 691 g/mol. The molecule has 0 saturated heterocycles. The first kappa shape index (κ1) is 39.3. The molecule has 3 aromatic rings. The maximum atomic E-state index is 14.3. The van der Waals surface area contributed by atoms with E-state index in [4.69, 9.17) is 20.6 Å². The van der Waals surface area contributed by atoms with Crippen molar-refractivity contribution in [3.63, 3.8) is 0 Å². The lowest BCUT2D eigenvalue weighted by atomic mass is 9.92. The summed E-state index contributed by atoms with van der Waals surface area (Å²) in [6.07, 6.45) is 15.6. The fourth-order valence-corrected chi connectivity index (χ4v) is 8.03. The zero-order valence-electron chi connectivity index (χ0n) is 29.7. The van der Waals surface area contributed by atoms with Crippen molar-refractivity contribution in [2.45, 2.75) is 149 Å². The highest BCUT2D eigenvalue weighted by molar-refractivity contribution is 7.55. The Hall–Kier alpha value is -2.19. The predicted molar refractivity (Wildman–Crippen MR) is 195 cm³/mol. The van der Waals surface area contributed by atoms with E-state index in [9.17, 15) is 9.36 Å². The molecule has 0 radical (unpaired) electrons. The fourth-order valence-electron chi connectivity index (χ4n) is 5.53. The number of H-pyrrole nitrogens is 1. The highest BCUT2D eigenvalue weighted by Crippen LogP contribution is 2.55. The van der Waals surface area contributed by atoms with E-state index in [1.165, 1.54) is 44.9 Å². The Kier molecular flexibility index (Phi) is 16.5. The number of hydrogen-bond acceptors (Lipinski definition) is 6. The van der Waals surface area contributed by atoms with Crippen molar-refractivity contribution in [2.24, 2.45) is 0 Å². The van der Waals surface area contributed by atoms with Crippen molar-refractivity contribution < 1.29 is 18.4 Å². The number of rotatable bonds is 23. The second-order valence-corrected chi connectivity index (χ2v) is 16.3. The van der Waals surface area contributed by atoms with Crippen LogP contribution in [0.25, 0.3) is 17.0 Å². The molecule has 0 aliphatic rings. The highest BCUT2D eigenvalue weighted by Gasteiger charge is 2.41. The summed E-state index contributed by atoms with van der Waals surface area (Å²) in [7, 11) is -3.72. The number of aromatic nitrogens is 4. The van der Waals surface area contributed by atoms with Crippen molar-refractivity contribution in [1.29, 1.82) is 0 Å². The standard InChI is InChI=1S/C36H59ClN5O4P/c1-7-10-13-14-15-16-17-18-19-20-24-30(47(44,45-25-11-8-2)46-26-12-9-3)35(43)38-29-23-21-22-28(27-29)33-39-34-31(37)32(36(4,5)6)40-42(34)41-33/h21-23,27,30,40H,7-20,24-26H2,1-6H3,(H,38,43). The summed E-state index contributed by atoms with van der Waals surface area (Å²) in [4.78, 5) is 18.6. The van der Waals surface area contributed by atoms with Crippen LogP contribution in [0, 0.1) is 0 Å². The van der Waals surface area contributed by atoms with Gasteiger partial charge in [-0.15, -0.1) is 5.10 Å². The molecule has 2 heterocycles. The molecule has 1 amide bonds. The van der Waals surface area contributed by atoms with Gasteiger partial charge in [0.25, 0.3) is 0 Å². The van der Waals surface area contributed by atoms with Crippen molar-refractivity contribution in [2.75, 3.05) is 18.5 Å². The van der Waals surface area contributed by atoms with E-state index in [1.54, 1.807) is 4.63 Å². The maximum absolute atomic E-state index is 14.3. The van der Waals surface area contributed by atoms with Gasteiger partial charge >= 0.3 is 7.60 Å². The second kappa shape index (κ2) is 19.7. The molecular weight excluding hydrogens is 633 g/mol. The third kappa shape index (κ3) is 12.0. The lowest BCUT2D eigenvalue weighted by Crippen LogP contribution is -2.30. The highest BCUT2D eigenvalue weighted by atomic mass is 35.5. The number of carbonyl (C=O) groups is 1. The molecule has 1 aromatic carbocycles. The van der Waals surface area contributed by atoms with E-state index in [1.807, 2.05) is 24.3 Å². The molecule has 0 aliphatic carbocycles. The van der Waals surface area contributed by atoms with Gasteiger partial charge in [0.05, 0.1) is 18.9 Å². The number of amides is 1. The molecular formula is C36H59ClN5O4P. The molecule has 1 unspecified atom stereocenters. The molecule has 0 aliphatic heterocycles. The van der Waals surface area contributed by atoms with E-state index >= 15 is 0 Å². The first-order valence-electron chi connectivity index (χ1n) is 18.0.